The summed E-state index contributed by atoms with van der Waals surface area (Å²) in [6.45, 7) is 8.00. The minimum atomic E-state index is -0.533. The number of nitrogen functional groups attached to an aromatic ring is 2. The van der Waals surface area contributed by atoms with Gasteiger partial charge in [0.25, 0.3) is 0 Å². The van der Waals surface area contributed by atoms with Gasteiger partial charge >= 0.3 is 11.4 Å². The Kier molecular flexibility index (Phi) is 9.94. The molecule has 2 aromatic heterocycles. The third kappa shape index (κ3) is 5.85. The topological polar surface area (TPSA) is 164 Å². The zero-order valence-corrected chi connectivity index (χ0v) is 18.4. The van der Waals surface area contributed by atoms with Crippen molar-refractivity contribution in [2.75, 3.05) is 11.5 Å². The van der Waals surface area contributed by atoms with E-state index < -0.39 is 9.85 Å². The predicted octanol–water partition coefficient (Wildman–Crippen LogP) is 5.50. The van der Waals surface area contributed by atoms with Gasteiger partial charge in [-0.05, 0) is 12.1 Å². The van der Waals surface area contributed by atoms with Gasteiger partial charge in [-0.1, -0.05) is 64.1 Å². The number of hydrogen-bond acceptors (Lipinski definition) is 8. The molecule has 0 aliphatic rings. The van der Waals surface area contributed by atoms with Crippen LogP contribution in [0, 0.1) is 20.2 Å². The van der Waals surface area contributed by atoms with E-state index in [0.717, 1.165) is 0 Å². The molecule has 10 heteroatoms. The van der Waals surface area contributed by atoms with Crippen LogP contribution >= 0.6 is 0 Å². The molecule has 0 atom stereocenters. The molecule has 0 unspecified atom stereocenters. The van der Waals surface area contributed by atoms with Gasteiger partial charge in [-0.25, -0.2) is 9.97 Å². The van der Waals surface area contributed by atoms with E-state index >= 15 is 0 Å². The standard InChI is InChI=1S/2C9H7N3O2.2C2H6/c2*10-9-6-3-1-2-4-7(6)11-5-8(9)12(13)14;2*1-2/h2*1-5H,(H2,10,11);2*1-2H3. The fourth-order valence-electron chi connectivity index (χ4n) is 2.60. The lowest BCUT2D eigenvalue weighted by Crippen LogP contribution is -1.97. The van der Waals surface area contributed by atoms with Gasteiger partial charge < -0.3 is 11.5 Å². The number of fused-ring (bicyclic) bond motifs is 2. The van der Waals surface area contributed by atoms with Crippen LogP contribution in [0.5, 0.6) is 0 Å². The summed E-state index contributed by atoms with van der Waals surface area (Å²) < 4.78 is 0. The number of nitrogens with two attached hydrogens (primary N) is 2. The Bertz CT molecular complexity index is 1120. The summed E-state index contributed by atoms with van der Waals surface area (Å²) in [4.78, 5) is 27.9. The number of nitrogens with zero attached hydrogens (tertiary/aromatic N) is 4. The van der Waals surface area contributed by atoms with E-state index in [2.05, 4.69) is 9.97 Å². The van der Waals surface area contributed by atoms with Crippen LogP contribution in [-0.2, 0) is 0 Å². The number of anilines is 2. The van der Waals surface area contributed by atoms with Gasteiger partial charge in [-0.15, -0.1) is 0 Å². The minimum Gasteiger partial charge on any atom is -0.393 e. The zero-order chi connectivity index (χ0) is 24.3. The molecule has 0 bridgehead atoms. The Morgan fingerprint density at radius 3 is 1.28 bits per heavy atom. The highest BCUT2D eigenvalue weighted by Gasteiger charge is 2.15. The molecule has 2 aromatic carbocycles. The maximum Gasteiger partial charge on any atom is 0.310 e. The Balaban J connectivity index is 0.000000277. The summed E-state index contributed by atoms with van der Waals surface area (Å²) in [6, 6.07) is 14.1. The van der Waals surface area contributed by atoms with Crippen LogP contribution in [-0.4, -0.2) is 19.8 Å². The largest absolute Gasteiger partial charge is 0.393 e. The highest BCUT2D eigenvalue weighted by atomic mass is 16.6. The zero-order valence-electron chi connectivity index (χ0n) is 18.4. The summed E-state index contributed by atoms with van der Waals surface area (Å²) in [6.07, 6.45) is 2.36. The van der Waals surface area contributed by atoms with Crippen molar-refractivity contribution in [2.45, 2.75) is 27.7 Å². The maximum atomic E-state index is 10.6. The van der Waals surface area contributed by atoms with E-state index in [4.69, 9.17) is 11.5 Å². The quantitative estimate of drug-likeness (QED) is 0.306. The van der Waals surface area contributed by atoms with Crippen molar-refractivity contribution in [2.24, 2.45) is 0 Å². The maximum absolute atomic E-state index is 10.6. The molecular weight excluding hydrogens is 412 g/mol. The van der Waals surface area contributed by atoms with Gasteiger partial charge in [0.2, 0.25) is 0 Å². The Hall–Kier alpha value is -4.34. The first-order valence-corrected chi connectivity index (χ1v) is 9.95. The molecule has 32 heavy (non-hydrogen) atoms. The normalized spacial score (nSPS) is 9.38. The molecule has 0 saturated heterocycles. The Labute approximate surface area is 185 Å². The molecule has 168 valence electrons. The average Bonchev–Trinajstić information content (AvgIpc) is 2.82. The third-order valence-electron chi connectivity index (χ3n) is 3.99. The molecule has 0 fully saturated rings. The number of pyridine rings is 2. The van der Waals surface area contributed by atoms with Gasteiger partial charge in [0.05, 0.1) is 20.9 Å². The van der Waals surface area contributed by atoms with Gasteiger partial charge in [0.1, 0.15) is 23.8 Å². The first kappa shape index (κ1) is 25.7. The van der Waals surface area contributed by atoms with E-state index in [1.807, 2.05) is 27.7 Å². The molecule has 2 heterocycles. The van der Waals surface area contributed by atoms with Crippen molar-refractivity contribution in [1.29, 1.82) is 0 Å². The van der Waals surface area contributed by atoms with E-state index in [-0.39, 0.29) is 22.7 Å². The van der Waals surface area contributed by atoms with Gasteiger partial charge in [0.15, 0.2) is 0 Å². The monoisotopic (exact) mass is 438 g/mol. The molecule has 4 aromatic rings. The second kappa shape index (κ2) is 12.4. The SMILES string of the molecule is CC.CC.Nc1c([N+](=O)[O-])cnc2ccccc12.Nc1c([N+](=O)[O-])cnc2ccccc12. The lowest BCUT2D eigenvalue weighted by Gasteiger charge is -2.00. The molecule has 4 N–H and O–H groups in total. The number of hydrogen-bond donors (Lipinski definition) is 2. The summed E-state index contributed by atoms with van der Waals surface area (Å²) in [5.74, 6) is 0. The molecule has 0 spiro atoms. The molecule has 0 saturated carbocycles. The summed E-state index contributed by atoms with van der Waals surface area (Å²) in [5, 5.41) is 22.3. The van der Waals surface area contributed by atoms with Crippen LogP contribution in [0.15, 0.2) is 60.9 Å². The van der Waals surface area contributed by atoms with Gasteiger partial charge in [-0.3, -0.25) is 20.2 Å². The van der Waals surface area contributed by atoms with Crippen LogP contribution in [0.3, 0.4) is 0 Å². The predicted molar refractivity (Wildman–Crippen MR) is 128 cm³/mol. The lowest BCUT2D eigenvalue weighted by molar-refractivity contribution is -0.384. The minimum absolute atomic E-state index is 0.149. The van der Waals surface area contributed by atoms with Crippen molar-refractivity contribution < 1.29 is 9.85 Å². The number of nitro groups is 2. The van der Waals surface area contributed by atoms with Crippen molar-refractivity contribution >= 4 is 44.6 Å². The molecule has 4 rings (SSSR count). The smallest absolute Gasteiger partial charge is 0.310 e. The van der Waals surface area contributed by atoms with Crippen LogP contribution in [0.25, 0.3) is 21.8 Å². The number of benzene rings is 2. The highest BCUT2D eigenvalue weighted by molar-refractivity contribution is 5.94. The van der Waals surface area contributed by atoms with Crippen LogP contribution in [0.4, 0.5) is 22.7 Å². The highest BCUT2D eigenvalue weighted by Crippen LogP contribution is 2.28. The second-order valence-electron chi connectivity index (χ2n) is 5.66. The molecule has 0 amide bonds. The van der Waals surface area contributed by atoms with Crippen molar-refractivity contribution in [3.63, 3.8) is 0 Å². The van der Waals surface area contributed by atoms with Crippen molar-refractivity contribution in [3.05, 3.63) is 81.2 Å². The number of para-hydroxylation sites is 2. The van der Waals surface area contributed by atoms with Crippen LogP contribution < -0.4 is 11.5 Å². The molecule has 0 aliphatic carbocycles. The van der Waals surface area contributed by atoms with Crippen LogP contribution in [0.2, 0.25) is 0 Å². The molecular formula is C22H26N6O4. The fraction of sp³-hybridized carbons (Fsp3) is 0.182. The molecule has 10 nitrogen and oxygen atoms in total. The Morgan fingerprint density at radius 2 is 0.969 bits per heavy atom. The lowest BCUT2D eigenvalue weighted by atomic mass is 10.2. The van der Waals surface area contributed by atoms with Gasteiger partial charge in [-0.2, -0.15) is 0 Å². The van der Waals surface area contributed by atoms with Crippen LogP contribution in [0.1, 0.15) is 27.7 Å². The van der Waals surface area contributed by atoms with E-state index in [1.165, 1.54) is 12.4 Å². The van der Waals surface area contributed by atoms with Crippen molar-refractivity contribution in [1.82, 2.24) is 9.97 Å². The summed E-state index contributed by atoms with van der Waals surface area (Å²) >= 11 is 0. The summed E-state index contributed by atoms with van der Waals surface area (Å²) in [5.41, 5.74) is 12.6. The molecule has 0 aliphatic heterocycles. The second-order valence-corrected chi connectivity index (χ2v) is 5.66. The Morgan fingerprint density at radius 1 is 0.656 bits per heavy atom. The number of aromatic nitrogens is 2. The first-order chi connectivity index (χ1) is 15.4. The van der Waals surface area contributed by atoms with E-state index in [1.54, 1.807) is 48.5 Å². The van der Waals surface area contributed by atoms with Crippen molar-refractivity contribution in [3.8, 4) is 0 Å². The van der Waals surface area contributed by atoms with E-state index in [0.29, 0.717) is 21.8 Å². The van der Waals surface area contributed by atoms with Gasteiger partial charge in [0, 0.05) is 10.8 Å². The first-order valence-electron chi connectivity index (χ1n) is 9.95. The third-order valence-corrected chi connectivity index (χ3v) is 3.99. The van der Waals surface area contributed by atoms with E-state index in [9.17, 15) is 20.2 Å². The summed E-state index contributed by atoms with van der Waals surface area (Å²) in [7, 11) is 0. The molecule has 0 radical (unpaired) electrons. The fourth-order valence-corrected chi connectivity index (χ4v) is 2.60. The number of rotatable bonds is 2. The average molecular weight is 438 g/mol.